The third-order valence-corrected chi connectivity index (χ3v) is 4.35. The molecule has 0 bridgehead atoms. The molecule has 4 aromatic rings. The van der Waals surface area contributed by atoms with Crippen molar-refractivity contribution in [2.45, 2.75) is 6.42 Å². The van der Waals surface area contributed by atoms with Gasteiger partial charge in [0.15, 0.2) is 11.6 Å². The Balaban J connectivity index is 1.60. The number of nitrogens with two attached hydrogens (primary N) is 1. The number of halogens is 1. The van der Waals surface area contributed by atoms with E-state index in [4.69, 9.17) is 5.73 Å². The molecule has 146 valence electrons. The first-order valence-electron chi connectivity index (χ1n) is 8.93. The molecule has 0 aliphatic rings. The Labute approximate surface area is 165 Å². The Morgan fingerprint density at radius 1 is 1.21 bits per heavy atom. The number of nitrogens with zero attached hydrogens (tertiary/aromatic N) is 3. The average Bonchev–Trinajstić information content (AvgIpc) is 3.23. The minimum absolute atomic E-state index is 0.0273. The molecule has 1 aromatic carbocycles. The van der Waals surface area contributed by atoms with E-state index in [1.54, 1.807) is 24.8 Å². The molecule has 0 saturated carbocycles. The van der Waals surface area contributed by atoms with E-state index < -0.39 is 11.7 Å². The number of amides is 1. The molecule has 1 amide bonds. The lowest BCUT2D eigenvalue weighted by molar-refractivity contribution is 0.100. The van der Waals surface area contributed by atoms with Crippen LogP contribution in [0.15, 0.2) is 55.1 Å². The zero-order chi connectivity index (χ0) is 20.2. The maximum atomic E-state index is 14.4. The molecular weight excluding hydrogens is 373 g/mol. The van der Waals surface area contributed by atoms with Crippen molar-refractivity contribution in [3.05, 3.63) is 72.2 Å². The lowest BCUT2D eigenvalue weighted by Crippen LogP contribution is -2.17. The number of carbonyl (C=O) groups excluding carboxylic acids is 1. The van der Waals surface area contributed by atoms with Crippen molar-refractivity contribution in [1.82, 2.24) is 19.9 Å². The first-order chi connectivity index (χ1) is 14.1. The topological polar surface area (TPSA) is 122 Å². The summed E-state index contributed by atoms with van der Waals surface area (Å²) in [6.07, 6.45) is 5.60. The number of hydrogen-bond donors (Lipinski definition) is 4. The highest BCUT2D eigenvalue weighted by atomic mass is 19.1. The molecule has 0 fully saturated rings. The van der Waals surface area contributed by atoms with Gasteiger partial charge in [-0.15, -0.1) is 0 Å². The van der Waals surface area contributed by atoms with Crippen molar-refractivity contribution >= 4 is 34.1 Å². The van der Waals surface area contributed by atoms with Gasteiger partial charge in [0.05, 0.1) is 17.4 Å². The fourth-order valence-corrected chi connectivity index (χ4v) is 2.92. The second kappa shape index (κ2) is 7.93. The molecule has 0 unspecified atom stereocenters. The Kier molecular flexibility index (Phi) is 5.02. The van der Waals surface area contributed by atoms with Gasteiger partial charge in [-0.2, -0.15) is 0 Å². The Morgan fingerprint density at radius 3 is 2.90 bits per heavy atom. The van der Waals surface area contributed by atoms with Crippen molar-refractivity contribution in [2.24, 2.45) is 5.73 Å². The van der Waals surface area contributed by atoms with Crippen LogP contribution in [0.2, 0.25) is 0 Å². The summed E-state index contributed by atoms with van der Waals surface area (Å²) >= 11 is 0. The maximum Gasteiger partial charge on any atom is 0.252 e. The number of benzene rings is 1. The second-order valence-corrected chi connectivity index (χ2v) is 6.37. The van der Waals surface area contributed by atoms with Gasteiger partial charge in [0.1, 0.15) is 5.82 Å². The van der Waals surface area contributed by atoms with Gasteiger partial charge in [-0.05, 0) is 30.3 Å². The van der Waals surface area contributed by atoms with E-state index in [1.165, 1.54) is 0 Å². The van der Waals surface area contributed by atoms with Crippen LogP contribution >= 0.6 is 0 Å². The number of H-pyrrole nitrogens is 1. The fourth-order valence-electron chi connectivity index (χ4n) is 2.92. The van der Waals surface area contributed by atoms with Gasteiger partial charge >= 0.3 is 0 Å². The quantitative estimate of drug-likeness (QED) is 0.384. The van der Waals surface area contributed by atoms with Crippen LogP contribution < -0.4 is 16.4 Å². The van der Waals surface area contributed by atoms with Crippen LogP contribution in [0.4, 0.5) is 21.7 Å². The minimum Gasteiger partial charge on any atom is -0.367 e. The molecule has 9 heteroatoms. The summed E-state index contributed by atoms with van der Waals surface area (Å²) in [5, 5.41) is 6.91. The number of rotatable bonds is 7. The molecule has 0 radical (unpaired) electrons. The number of aromatic nitrogens is 4. The predicted octanol–water partition coefficient (Wildman–Crippen LogP) is 2.99. The van der Waals surface area contributed by atoms with Crippen LogP contribution in [0.5, 0.6) is 0 Å². The van der Waals surface area contributed by atoms with Crippen LogP contribution in [0.1, 0.15) is 16.1 Å². The van der Waals surface area contributed by atoms with Crippen molar-refractivity contribution < 1.29 is 9.18 Å². The van der Waals surface area contributed by atoms with E-state index in [-0.39, 0.29) is 17.2 Å². The molecule has 29 heavy (non-hydrogen) atoms. The highest BCUT2D eigenvalue weighted by Crippen LogP contribution is 2.25. The Hall–Kier alpha value is -4.01. The monoisotopic (exact) mass is 391 g/mol. The Morgan fingerprint density at radius 2 is 2.10 bits per heavy atom. The van der Waals surface area contributed by atoms with Crippen LogP contribution in [0.25, 0.3) is 10.9 Å². The summed E-state index contributed by atoms with van der Waals surface area (Å²) in [5.74, 6) is -1.23. The van der Waals surface area contributed by atoms with Gasteiger partial charge in [-0.25, -0.2) is 14.4 Å². The van der Waals surface area contributed by atoms with Crippen LogP contribution in [-0.4, -0.2) is 32.4 Å². The summed E-state index contributed by atoms with van der Waals surface area (Å²) in [4.78, 5) is 27.2. The number of pyridine rings is 2. The predicted molar refractivity (Wildman–Crippen MR) is 109 cm³/mol. The summed E-state index contributed by atoms with van der Waals surface area (Å²) in [7, 11) is 0. The zero-order valence-electron chi connectivity index (χ0n) is 15.3. The van der Waals surface area contributed by atoms with Crippen LogP contribution in [0.3, 0.4) is 0 Å². The summed E-state index contributed by atoms with van der Waals surface area (Å²) in [6, 6.07) is 10.3. The average molecular weight is 391 g/mol. The molecule has 5 N–H and O–H groups in total. The van der Waals surface area contributed by atoms with E-state index >= 15 is 0 Å². The van der Waals surface area contributed by atoms with Gasteiger partial charge in [0, 0.05) is 42.1 Å². The number of carbonyl (C=O) groups is 1. The molecular formula is C20H18FN7O. The van der Waals surface area contributed by atoms with Crippen molar-refractivity contribution in [2.75, 3.05) is 17.2 Å². The SMILES string of the molecule is NC(=O)c1cc(F)c(NCCc2cnc[nH]2)nc1Nc1ccc2ncccc2c1. The molecule has 0 spiro atoms. The minimum atomic E-state index is -0.773. The smallest absolute Gasteiger partial charge is 0.252 e. The van der Waals surface area contributed by atoms with Crippen molar-refractivity contribution in [3.8, 4) is 0 Å². The molecule has 0 aliphatic heterocycles. The summed E-state index contributed by atoms with van der Waals surface area (Å²) in [6.45, 7) is 0.434. The fraction of sp³-hybridized carbons (Fsp3) is 0.100. The zero-order valence-corrected chi connectivity index (χ0v) is 15.3. The first kappa shape index (κ1) is 18.4. The van der Waals surface area contributed by atoms with Crippen LogP contribution in [0, 0.1) is 5.82 Å². The molecule has 0 atom stereocenters. The number of anilines is 3. The summed E-state index contributed by atoms with van der Waals surface area (Å²) in [5.41, 5.74) is 7.80. The highest BCUT2D eigenvalue weighted by molar-refractivity contribution is 5.99. The molecule has 3 heterocycles. The third kappa shape index (κ3) is 4.13. The molecule has 3 aromatic heterocycles. The normalized spacial score (nSPS) is 10.8. The first-order valence-corrected chi connectivity index (χ1v) is 8.93. The number of imidazole rings is 1. The highest BCUT2D eigenvalue weighted by Gasteiger charge is 2.16. The number of hydrogen-bond acceptors (Lipinski definition) is 6. The number of nitrogens with one attached hydrogen (secondary N) is 3. The van der Waals surface area contributed by atoms with Gasteiger partial charge in [0.25, 0.3) is 5.91 Å². The number of fused-ring (bicyclic) bond motifs is 1. The van der Waals surface area contributed by atoms with Gasteiger partial charge in [-0.3, -0.25) is 9.78 Å². The van der Waals surface area contributed by atoms with E-state index in [9.17, 15) is 9.18 Å². The number of aromatic amines is 1. The molecule has 4 rings (SSSR count). The largest absolute Gasteiger partial charge is 0.367 e. The van der Waals surface area contributed by atoms with E-state index in [0.29, 0.717) is 18.7 Å². The van der Waals surface area contributed by atoms with E-state index in [0.717, 1.165) is 22.7 Å². The van der Waals surface area contributed by atoms with Gasteiger partial charge in [0.2, 0.25) is 0 Å². The van der Waals surface area contributed by atoms with Gasteiger partial charge < -0.3 is 21.4 Å². The molecule has 0 aliphatic carbocycles. The van der Waals surface area contributed by atoms with Crippen molar-refractivity contribution in [3.63, 3.8) is 0 Å². The lowest BCUT2D eigenvalue weighted by atomic mass is 10.2. The molecule has 8 nitrogen and oxygen atoms in total. The summed E-state index contributed by atoms with van der Waals surface area (Å²) < 4.78 is 14.4. The Bertz CT molecular complexity index is 1160. The second-order valence-electron chi connectivity index (χ2n) is 6.37. The molecule has 0 saturated heterocycles. The van der Waals surface area contributed by atoms with E-state index in [1.807, 2.05) is 24.3 Å². The van der Waals surface area contributed by atoms with Gasteiger partial charge in [-0.1, -0.05) is 6.07 Å². The lowest BCUT2D eigenvalue weighted by Gasteiger charge is -2.13. The van der Waals surface area contributed by atoms with Crippen LogP contribution in [-0.2, 0) is 6.42 Å². The third-order valence-electron chi connectivity index (χ3n) is 4.35. The van der Waals surface area contributed by atoms with E-state index in [2.05, 4.69) is 30.6 Å². The number of primary amides is 1. The maximum absolute atomic E-state index is 14.4. The van der Waals surface area contributed by atoms with Crippen molar-refractivity contribution in [1.29, 1.82) is 0 Å². The standard InChI is InChI=1S/C20H18FN7O/c21-16-9-15(18(22)29)19(28-20(16)25-7-5-14-10-23-11-26-14)27-13-3-4-17-12(8-13)2-1-6-24-17/h1-4,6,8-11H,5,7H2,(H2,22,29)(H,23,26)(H2,25,27,28).